The van der Waals surface area contributed by atoms with Crippen LogP contribution in [0.2, 0.25) is 0 Å². The molecule has 36 heavy (non-hydrogen) atoms. The van der Waals surface area contributed by atoms with Gasteiger partial charge in [0.25, 0.3) is 5.91 Å². The van der Waals surface area contributed by atoms with E-state index in [9.17, 15) is 24.6 Å². The molecule has 7 nitrogen and oxygen atoms in total. The summed E-state index contributed by atoms with van der Waals surface area (Å²) in [4.78, 5) is 37.6. The molecule has 0 aromatic carbocycles. The highest BCUT2D eigenvalue weighted by atomic mass is 16.3. The first-order valence-corrected chi connectivity index (χ1v) is 13.9. The lowest BCUT2D eigenvalue weighted by atomic mass is 9.62. The van der Waals surface area contributed by atoms with Gasteiger partial charge in [0.05, 0.1) is 12.1 Å². The van der Waals surface area contributed by atoms with E-state index in [1.165, 1.54) is 18.9 Å². The molecule has 3 saturated carbocycles. The largest absolute Gasteiger partial charge is 0.507 e. The van der Waals surface area contributed by atoms with Gasteiger partial charge in [-0.1, -0.05) is 32.4 Å². The zero-order valence-corrected chi connectivity index (χ0v) is 21.4. The highest BCUT2D eigenvalue weighted by molar-refractivity contribution is 6.27. The van der Waals surface area contributed by atoms with Crippen molar-refractivity contribution in [3.05, 3.63) is 35.6 Å². The molecule has 5 rings (SSSR count). The van der Waals surface area contributed by atoms with Crippen LogP contribution in [-0.4, -0.2) is 46.5 Å². The zero-order valence-electron chi connectivity index (χ0n) is 21.4. The van der Waals surface area contributed by atoms with Crippen molar-refractivity contribution in [2.45, 2.75) is 70.9 Å². The van der Waals surface area contributed by atoms with Gasteiger partial charge in [-0.25, -0.2) is 0 Å². The number of carbonyl (C=O) groups excluding carboxylic acids is 3. The van der Waals surface area contributed by atoms with Gasteiger partial charge in [0, 0.05) is 6.54 Å². The fraction of sp³-hybridized carbons (Fsp3) is 0.690. The molecule has 0 spiro atoms. The second-order valence-corrected chi connectivity index (χ2v) is 11.8. The van der Waals surface area contributed by atoms with Crippen LogP contribution in [0, 0.1) is 47.3 Å². The first kappa shape index (κ1) is 25.2. The summed E-state index contributed by atoms with van der Waals surface area (Å²) < 4.78 is 0. The van der Waals surface area contributed by atoms with Crippen LogP contribution in [0.5, 0.6) is 0 Å². The van der Waals surface area contributed by atoms with Gasteiger partial charge in [-0.2, -0.15) is 0 Å². The van der Waals surface area contributed by atoms with E-state index < -0.39 is 23.8 Å². The summed E-state index contributed by atoms with van der Waals surface area (Å²) in [6, 6.07) is -0.680. The van der Waals surface area contributed by atoms with Gasteiger partial charge in [-0.3, -0.25) is 14.4 Å². The maximum atomic E-state index is 12.8. The number of amides is 2. The molecule has 3 aliphatic carbocycles. The van der Waals surface area contributed by atoms with Crippen LogP contribution in [0.3, 0.4) is 0 Å². The molecule has 7 heteroatoms. The summed E-state index contributed by atoms with van der Waals surface area (Å²) in [5.41, 5.74) is -0.187. The predicted molar refractivity (Wildman–Crippen MR) is 135 cm³/mol. The molecule has 2 amide bonds. The number of rotatable bonds is 1. The molecule has 5 aliphatic rings. The second kappa shape index (κ2) is 10.2. The summed E-state index contributed by atoms with van der Waals surface area (Å²) >= 11 is 0. The number of aliphatic hydroxyl groups is 2. The van der Waals surface area contributed by atoms with E-state index in [1.54, 1.807) is 6.08 Å². The maximum Gasteiger partial charge on any atom is 0.259 e. The van der Waals surface area contributed by atoms with Gasteiger partial charge in [0.15, 0.2) is 5.78 Å². The average Bonchev–Trinajstić information content (AvgIpc) is 3.46. The van der Waals surface area contributed by atoms with Gasteiger partial charge in [-0.15, -0.1) is 0 Å². The van der Waals surface area contributed by atoms with E-state index in [-0.39, 0.29) is 35.0 Å². The fourth-order valence-electron chi connectivity index (χ4n) is 8.49. The number of aliphatic hydroxyl groups excluding tert-OH is 2. The van der Waals surface area contributed by atoms with Crippen LogP contribution >= 0.6 is 0 Å². The van der Waals surface area contributed by atoms with Crippen molar-refractivity contribution in [1.82, 2.24) is 10.6 Å². The molecule has 4 fully saturated rings. The lowest BCUT2D eigenvalue weighted by Gasteiger charge is -2.44. The van der Waals surface area contributed by atoms with Crippen LogP contribution < -0.4 is 10.6 Å². The molecular weight excluding hydrogens is 456 g/mol. The highest BCUT2D eigenvalue weighted by Crippen LogP contribution is 2.62. The monoisotopic (exact) mass is 496 g/mol. The first-order valence-electron chi connectivity index (χ1n) is 13.9. The number of hydrogen-bond donors (Lipinski definition) is 4. The minimum atomic E-state index is -0.680. The van der Waals surface area contributed by atoms with E-state index >= 15 is 0 Å². The maximum absolute atomic E-state index is 12.8. The van der Waals surface area contributed by atoms with Crippen LogP contribution in [0.1, 0.15) is 58.8 Å². The zero-order chi connectivity index (χ0) is 25.6. The summed E-state index contributed by atoms with van der Waals surface area (Å²) in [6.45, 7) is 5.05. The van der Waals surface area contributed by atoms with Crippen molar-refractivity contribution < 1.29 is 24.6 Å². The molecule has 4 N–H and O–H groups in total. The van der Waals surface area contributed by atoms with Gasteiger partial charge >= 0.3 is 0 Å². The van der Waals surface area contributed by atoms with Crippen LogP contribution in [0.25, 0.3) is 0 Å². The number of ketones is 1. The average molecular weight is 497 g/mol. The summed E-state index contributed by atoms with van der Waals surface area (Å²) in [7, 11) is 0. The summed E-state index contributed by atoms with van der Waals surface area (Å²) in [6.07, 6.45) is 12.3. The highest BCUT2D eigenvalue weighted by Gasteiger charge is 2.57. The Kier molecular flexibility index (Phi) is 7.12. The molecule has 1 saturated heterocycles. The fourth-order valence-corrected chi connectivity index (χ4v) is 8.49. The Balaban J connectivity index is 1.46. The predicted octanol–water partition coefficient (Wildman–Crippen LogP) is 3.21. The van der Waals surface area contributed by atoms with Crippen molar-refractivity contribution in [1.29, 1.82) is 0 Å². The Labute approximate surface area is 213 Å². The quantitative estimate of drug-likeness (QED) is 0.416. The van der Waals surface area contributed by atoms with Crippen LogP contribution in [0.15, 0.2) is 35.6 Å². The standard InChI is InChI=1S/C29H40N2O5/c1-3-16-12-18-13-20-19-6-4-8-24(34)30-11-5-7-21-28(35)27(29(36)31-21)22(32)10-9-17(19)14-23(33)26(20)25(18)15(16)2/h4,8-10,15-21,23,25-26,32-33H,3,5-7,11-14H2,1-2H3,(H,30,34)(H,31,36). The Hall–Kier alpha value is -2.41. The Bertz CT molecular complexity index is 1000. The van der Waals surface area contributed by atoms with Crippen molar-refractivity contribution in [3.63, 3.8) is 0 Å². The SMILES string of the molecule is CCC1CC2CC3C4CC=CC(=O)NCCCC5NC(=O)C(=C(O)C=CC4CC(O)C3C2C1C)C5=O. The van der Waals surface area contributed by atoms with E-state index in [0.717, 1.165) is 18.8 Å². The van der Waals surface area contributed by atoms with Gasteiger partial charge < -0.3 is 20.8 Å². The van der Waals surface area contributed by atoms with E-state index in [1.807, 2.05) is 12.2 Å². The Morgan fingerprint density at radius 2 is 1.86 bits per heavy atom. The molecule has 2 heterocycles. The number of allylic oxidation sites excluding steroid dienone is 3. The first-order chi connectivity index (χ1) is 17.3. The second-order valence-electron chi connectivity index (χ2n) is 11.8. The lowest BCUT2D eigenvalue weighted by Crippen LogP contribution is -2.43. The smallest absolute Gasteiger partial charge is 0.259 e. The van der Waals surface area contributed by atoms with E-state index in [2.05, 4.69) is 24.5 Å². The number of nitrogens with one attached hydrogen (secondary N) is 2. The topological polar surface area (TPSA) is 116 Å². The molecule has 10 atom stereocenters. The molecule has 2 aliphatic heterocycles. The summed E-state index contributed by atoms with van der Waals surface area (Å²) in [5, 5.41) is 27.6. The molecule has 196 valence electrons. The van der Waals surface area contributed by atoms with Crippen LogP contribution in [0.4, 0.5) is 0 Å². The third kappa shape index (κ3) is 4.44. The third-order valence-corrected chi connectivity index (χ3v) is 10.1. The van der Waals surface area contributed by atoms with Crippen molar-refractivity contribution in [2.75, 3.05) is 6.54 Å². The lowest BCUT2D eigenvalue weighted by molar-refractivity contribution is -0.118. The molecule has 0 aromatic heterocycles. The van der Waals surface area contributed by atoms with Gasteiger partial charge in [0.1, 0.15) is 11.3 Å². The van der Waals surface area contributed by atoms with E-state index in [0.29, 0.717) is 49.5 Å². The number of carbonyl (C=O) groups is 3. The number of hydrogen-bond acceptors (Lipinski definition) is 5. The van der Waals surface area contributed by atoms with E-state index in [4.69, 9.17) is 0 Å². The third-order valence-electron chi connectivity index (χ3n) is 10.1. The molecule has 0 radical (unpaired) electrons. The minimum absolute atomic E-state index is 0.0175. The van der Waals surface area contributed by atoms with Gasteiger partial charge in [-0.05, 0) is 98.0 Å². The molecule has 0 aromatic rings. The molecular formula is C29H40N2O5. The van der Waals surface area contributed by atoms with Crippen LogP contribution in [-0.2, 0) is 14.4 Å². The minimum Gasteiger partial charge on any atom is -0.507 e. The van der Waals surface area contributed by atoms with Gasteiger partial charge in [0.2, 0.25) is 5.91 Å². The molecule has 10 unspecified atom stereocenters. The van der Waals surface area contributed by atoms with Crippen molar-refractivity contribution in [3.8, 4) is 0 Å². The number of Topliss-reactive ketones (excluding diaryl/α,β-unsaturated/α-hetero) is 1. The normalized spacial score (nSPS) is 43.1. The Morgan fingerprint density at radius 3 is 2.64 bits per heavy atom. The molecule has 2 bridgehead atoms. The Morgan fingerprint density at radius 1 is 1.06 bits per heavy atom. The van der Waals surface area contributed by atoms with Crippen molar-refractivity contribution in [2.24, 2.45) is 47.3 Å². The number of fused-ring (bicyclic) bond motifs is 7. The summed E-state index contributed by atoms with van der Waals surface area (Å²) in [5.74, 6) is 1.94. The van der Waals surface area contributed by atoms with Crippen molar-refractivity contribution >= 4 is 17.6 Å².